The summed E-state index contributed by atoms with van der Waals surface area (Å²) in [7, 11) is 0. The molecule has 140 valence electrons. The lowest BCUT2D eigenvalue weighted by molar-refractivity contribution is 0.0452. The van der Waals surface area contributed by atoms with Gasteiger partial charge in [-0.15, -0.1) is 0 Å². The molecule has 0 saturated heterocycles. The summed E-state index contributed by atoms with van der Waals surface area (Å²) in [6.45, 7) is 0. The average molecular weight is 390 g/mol. The molecule has 2 aromatic carbocycles. The molecule has 3 rings (SSSR count). The number of nitrogens with one attached hydrogen (secondary N) is 1. The van der Waals surface area contributed by atoms with Crippen molar-refractivity contribution in [2.24, 2.45) is 0 Å². The SMILES string of the molecule is O=C(NC1CCCC(O)(C#Cc2cccc(Cl)c2)C1)c1ccc(F)c(F)c1. The molecule has 1 aliphatic carbocycles. The van der Waals surface area contributed by atoms with Gasteiger partial charge in [0.15, 0.2) is 11.6 Å². The topological polar surface area (TPSA) is 49.3 Å². The summed E-state index contributed by atoms with van der Waals surface area (Å²) in [5.74, 6) is 3.23. The van der Waals surface area contributed by atoms with Gasteiger partial charge in [0.25, 0.3) is 5.91 Å². The summed E-state index contributed by atoms with van der Waals surface area (Å²) in [6, 6.07) is 9.72. The van der Waals surface area contributed by atoms with E-state index in [0.717, 1.165) is 12.1 Å². The van der Waals surface area contributed by atoms with Crippen LogP contribution in [-0.4, -0.2) is 22.7 Å². The van der Waals surface area contributed by atoms with Gasteiger partial charge in [0.2, 0.25) is 0 Å². The summed E-state index contributed by atoms with van der Waals surface area (Å²) in [5.41, 5.74) is -0.496. The fourth-order valence-corrected chi connectivity index (χ4v) is 3.34. The van der Waals surface area contributed by atoms with Gasteiger partial charge in [-0.3, -0.25) is 4.79 Å². The smallest absolute Gasteiger partial charge is 0.251 e. The lowest BCUT2D eigenvalue weighted by atomic mass is 9.82. The molecule has 0 spiro atoms. The molecular weight excluding hydrogens is 372 g/mol. The Morgan fingerprint density at radius 1 is 1.22 bits per heavy atom. The molecule has 2 N–H and O–H groups in total. The minimum absolute atomic E-state index is 0.0352. The van der Waals surface area contributed by atoms with E-state index >= 15 is 0 Å². The Kier molecular flexibility index (Phi) is 5.79. The maximum Gasteiger partial charge on any atom is 0.251 e. The van der Waals surface area contributed by atoms with Crippen LogP contribution in [0.15, 0.2) is 42.5 Å². The van der Waals surface area contributed by atoms with Crippen molar-refractivity contribution in [1.82, 2.24) is 5.32 Å². The van der Waals surface area contributed by atoms with Crippen LogP contribution in [0.3, 0.4) is 0 Å². The first-order valence-electron chi connectivity index (χ1n) is 8.62. The average Bonchev–Trinajstić information content (AvgIpc) is 2.62. The van der Waals surface area contributed by atoms with E-state index in [1.807, 2.05) is 0 Å². The van der Waals surface area contributed by atoms with Crippen LogP contribution >= 0.6 is 11.6 Å². The Labute approximate surface area is 161 Å². The summed E-state index contributed by atoms with van der Waals surface area (Å²) < 4.78 is 26.3. The number of benzene rings is 2. The van der Waals surface area contributed by atoms with Gasteiger partial charge in [-0.05, 0) is 55.7 Å². The summed E-state index contributed by atoms with van der Waals surface area (Å²) in [4.78, 5) is 12.3. The number of carbonyl (C=O) groups excluding carboxylic acids is 1. The van der Waals surface area contributed by atoms with Gasteiger partial charge in [-0.1, -0.05) is 29.5 Å². The Morgan fingerprint density at radius 2 is 2.04 bits per heavy atom. The van der Waals surface area contributed by atoms with E-state index in [-0.39, 0.29) is 18.0 Å². The third-order valence-corrected chi connectivity index (χ3v) is 4.74. The van der Waals surface area contributed by atoms with E-state index in [4.69, 9.17) is 11.6 Å². The molecule has 2 unspecified atom stereocenters. The Hall–Kier alpha value is -2.42. The first-order chi connectivity index (χ1) is 12.8. The van der Waals surface area contributed by atoms with E-state index in [9.17, 15) is 18.7 Å². The van der Waals surface area contributed by atoms with Gasteiger partial charge >= 0.3 is 0 Å². The molecule has 6 heteroatoms. The fourth-order valence-electron chi connectivity index (χ4n) is 3.15. The first-order valence-corrected chi connectivity index (χ1v) is 8.99. The molecule has 0 radical (unpaired) electrons. The number of rotatable bonds is 2. The molecule has 2 atom stereocenters. The zero-order chi connectivity index (χ0) is 19.4. The van der Waals surface area contributed by atoms with Crippen LogP contribution in [0, 0.1) is 23.5 Å². The van der Waals surface area contributed by atoms with Crippen molar-refractivity contribution in [3.05, 3.63) is 70.2 Å². The van der Waals surface area contributed by atoms with Gasteiger partial charge in [0.05, 0.1) is 0 Å². The highest BCUT2D eigenvalue weighted by molar-refractivity contribution is 6.30. The maximum absolute atomic E-state index is 13.3. The Morgan fingerprint density at radius 3 is 2.78 bits per heavy atom. The third-order valence-electron chi connectivity index (χ3n) is 4.51. The Bertz CT molecular complexity index is 922. The van der Waals surface area contributed by atoms with Crippen molar-refractivity contribution in [1.29, 1.82) is 0 Å². The van der Waals surface area contributed by atoms with E-state index in [1.54, 1.807) is 24.3 Å². The zero-order valence-corrected chi connectivity index (χ0v) is 15.2. The van der Waals surface area contributed by atoms with Crippen molar-refractivity contribution >= 4 is 17.5 Å². The van der Waals surface area contributed by atoms with E-state index in [0.29, 0.717) is 29.8 Å². The van der Waals surface area contributed by atoms with Gasteiger partial charge in [-0.2, -0.15) is 0 Å². The minimum Gasteiger partial charge on any atom is -0.378 e. The van der Waals surface area contributed by atoms with Gasteiger partial charge < -0.3 is 10.4 Å². The summed E-state index contributed by atoms with van der Waals surface area (Å²) in [6.07, 6.45) is 2.12. The highest BCUT2D eigenvalue weighted by Gasteiger charge is 2.33. The quantitative estimate of drug-likeness (QED) is 0.760. The predicted molar refractivity (Wildman–Crippen MR) is 99.4 cm³/mol. The van der Waals surface area contributed by atoms with Crippen LogP contribution < -0.4 is 5.32 Å². The normalized spacial score (nSPS) is 21.9. The second-order valence-corrected chi connectivity index (χ2v) is 7.12. The highest BCUT2D eigenvalue weighted by Crippen LogP contribution is 2.28. The molecule has 2 aromatic rings. The molecule has 1 amide bonds. The lowest BCUT2D eigenvalue weighted by Gasteiger charge is -2.33. The fraction of sp³-hybridized carbons (Fsp3) is 0.286. The van der Waals surface area contributed by atoms with E-state index < -0.39 is 23.1 Å². The molecule has 1 saturated carbocycles. The van der Waals surface area contributed by atoms with Gasteiger partial charge in [0.1, 0.15) is 5.60 Å². The van der Waals surface area contributed by atoms with Crippen molar-refractivity contribution in [2.45, 2.75) is 37.3 Å². The van der Waals surface area contributed by atoms with E-state index in [1.165, 1.54) is 6.07 Å². The van der Waals surface area contributed by atoms with Crippen LogP contribution in [-0.2, 0) is 0 Å². The van der Waals surface area contributed by atoms with E-state index in [2.05, 4.69) is 17.2 Å². The largest absolute Gasteiger partial charge is 0.378 e. The number of halogens is 3. The minimum atomic E-state index is -1.23. The molecule has 0 bridgehead atoms. The summed E-state index contributed by atoms with van der Waals surface area (Å²) >= 11 is 5.93. The highest BCUT2D eigenvalue weighted by atomic mass is 35.5. The molecule has 27 heavy (non-hydrogen) atoms. The first kappa shape index (κ1) is 19.3. The standard InChI is InChI=1S/C21H18ClF2NO2/c22-16-4-1-3-14(11-16)8-10-21(27)9-2-5-17(13-21)25-20(26)15-6-7-18(23)19(24)12-15/h1,3-4,6-7,11-12,17,27H,2,5,9,13H2,(H,25,26). The van der Waals surface area contributed by atoms with Crippen molar-refractivity contribution in [3.63, 3.8) is 0 Å². The molecule has 0 aromatic heterocycles. The lowest BCUT2D eigenvalue weighted by Crippen LogP contribution is -2.45. The molecule has 0 aliphatic heterocycles. The molecule has 0 heterocycles. The maximum atomic E-state index is 13.3. The number of amides is 1. The van der Waals surface area contributed by atoms with Crippen LogP contribution in [0.25, 0.3) is 0 Å². The molecule has 1 fully saturated rings. The number of aliphatic hydroxyl groups is 1. The van der Waals surface area contributed by atoms with Crippen molar-refractivity contribution < 1.29 is 18.7 Å². The molecular formula is C21H18ClF2NO2. The predicted octanol–water partition coefficient (Wildman–Crippen LogP) is 4.07. The molecule has 1 aliphatic rings. The Balaban J connectivity index is 1.68. The van der Waals surface area contributed by atoms with Crippen LogP contribution in [0.4, 0.5) is 8.78 Å². The van der Waals surface area contributed by atoms with Crippen molar-refractivity contribution in [3.8, 4) is 11.8 Å². The zero-order valence-electron chi connectivity index (χ0n) is 14.4. The van der Waals surface area contributed by atoms with Crippen LogP contribution in [0.5, 0.6) is 0 Å². The molecule has 3 nitrogen and oxygen atoms in total. The van der Waals surface area contributed by atoms with Gasteiger partial charge in [-0.25, -0.2) is 8.78 Å². The second kappa shape index (κ2) is 8.08. The number of hydrogen-bond acceptors (Lipinski definition) is 2. The number of carbonyl (C=O) groups is 1. The second-order valence-electron chi connectivity index (χ2n) is 6.69. The summed E-state index contributed by atoms with van der Waals surface area (Å²) in [5, 5.41) is 14.1. The third kappa shape index (κ3) is 5.06. The van der Waals surface area contributed by atoms with Crippen molar-refractivity contribution in [2.75, 3.05) is 0 Å². The van der Waals surface area contributed by atoms with Crippen LogP contribution in [0.2, 0.25) is 5.02 Å². The van der Waals surface area contributed by atoms with Gasteiger partial charge in [0, 0.05) is 28.6 Å². The van der Waals surface area contributed by atoms with Crippen LogP contribution in [0.1, 0.15) is 41.6 Å². The number of hydrogen-bond donors (Lipinski definition) is 2. The monoisotopic (exact) mass is 389 g/mol.